The quantitative estimate of drug-likeness (QED) is 0.549. The van der Waals surface area contributed by atoms with Crippen molar-refractivity contribution in [3.8, 4) is 5.75 Å². The van der Waals surface area contributed by atoms with Crippen LogP contribution >= 0.6 is 23.4 Å². The lowest BCUT2D eigenvalue weighted by atomic mass is 10.1. The molecule has 2 fully saturated rings. The van der Waals surface area contributed by atoms with E-state index in [1.807, 2.05) is 36.5 Å². The highest BCUT2D eigenvalue weighted by Gasteiger charge is 2.25. The highest BCUT2D eigenvalue weighted by Crippen LogP contribution is 2.34. The van der Waals surface area contributed by atoms with E-state index in [4.69, 9.17) is 16.3 Å². The van der Waals surface area contributed by atoms with Crippen LogP contribution in [-0.2, 0) is 4.79 Å². The number of hydrogen-bond acceptors (Lipinski definition) is 6. The minimum atomic E-state index is -0.190. The van der Waals surface area contributed by atoms with Crippen LogP contribution in [-0.4, -0.2) is 52.2 Å². The maximum Gasteiger partial charge on any atom is 0.264 e. The van der Waals surface area contributed by atoms with Gasteiger partial charge in [-0.25, -0.2) is 9.98 Å². The molecule has 9 heteroatoms. The van der Waals surface area contributed by atoms with E-state index in [9.17, 15) is 4.79 Å². The van der Waals surface area contributed by atoms with E-state index in [0.717, 1.165) is 48.3 Å². The number of carbonyl (C=O) groups is 1. The second kappa shape index (κ2) is 8.97. The molecule has 7 nitrogen and oxygen atoms in total. The maximum atomic E-state index is 12.5. The number of nitrogens with one attached hydrogen (secondary N) is 2. The van der Waals surface area contributed by atoms with E-state index < -0.39 is 0 Å². The van der Waals surface area contributed by atoms with E-state index in [1.54, 1.807) is 12.3 Å². The number of benzene rings is 1. The van der Waals surface area contributed by atoms with Gasteiger partial charge in [-0.3, -0.25) is 4.79 Å². The van der Waals surface area contributed by atoms with Crippen LogP contribution in [0.15, 0.2) is 52.6 Å². The number of aromatic amines is 1. The summed E-state index contributed by atoms with van der Waals surface area (Å²) in [7, 11) is 2.12. The first kappa shape index (κ1) is 21.1. The summed E-state index contributed by atoms with van der Waals surface area (Å²) in [5.41, 5.74) is 2.27. The molecule has 0 bridgehead atoms. The van der Waals surface area contributed by atoms with Crippen molar-refractivity contribution in [2.24, 2.45) is 4.99 Å². The fourth-order valence-electron chi connectivity index (χ4n) is 3.77. The molecule has 3 aromatic rings. The Labute approximate surface area is 194 Å². The van der Waals surface area contributed by atoms with Crippen LogP contribution in [0.3, 0.4) is 0 Å². The molecular weight excluding hydrogens is 446 g/mol. The lowest BCUT2D eigenvalue weighted by Crippen LogP contribution is -2.35. The minimum Gasteiger partial charge on any atom is -0.490 e. The largest absolute Gasteiger partial charge is 0.490 e. The predicted octanol–water partition coefficient (Wildman–Crippen LogP) is 4.58. The summed E-state index contributed by atoms with van der Waals surface area (Å²) in [4.78, 5) is 27.3. The number of hydrogen-bond donors (Lipinski definition) is 2. The van der Waals surface area contributed by atoms with Crippen molar-refractivity contribution in [2.75, 3.05) is 20.1 Å². The number of aromatic nitrogens is 2. The van der Waals surface area contributed by atoms with Gasteiger partial charge in [-0.1, -0.05) is 11.6 Å². The number of pyridine rings is 1. The summed E-state index contributed by atoms with van der Waals surface area (Å²) in [6, 6.07) is 9.32. The molecule has 2 N–H and O–H groups in total. The van der Waals surface area contributed by atoms with Gasteiger partial charge in [-0.15, -0.1) is 0 Å². The van der Waals surface area contributed by atoms with Gasteiger partial charge in [0.2, 0.25) is 0 Å². The number of amides is 1. The third kappa shape index (κ3) is 4.53. The number of ether oxygens (including phenoxy) is 1. The average molecular weight is 468 g/mol. The predicted molar refractivity (Wildman–Crippen MR) is 129 cm³/mol. The summed E-state index contributed by atoms with van der Waals surface area (Å²) >= 11 is 7.74. The van der Waals surface area contributed by atoms with Gasteiger partial charge in [0.05, 0.1) is 15.6 Å². The van der Waals surface area contributed by atoms with Crippen molar-refractivity contribution >= 4 is 57.2 Å². The number of rotatable bonds is 4. The molecule has 5 rings (SSSR count). The van der Waals surface area contributed by atoms with Gasteiger partial charge >= 0.3 is 0 Å². The van der Waals surface area contributed by atoms with E-state index in [-0.39, 0.29) is 12.0 Å². The highest BCUT2D eigenvalue weighted by molar-refractivity contribution is 8.18. The maximum absolute atomic E-state index is 12.5. The number of amidine groups is 1. The van der Waals surface area contributed by atoms with E-state index in [2.05, 4.69) is 32.2 Å². The summed E-state index contributed by atoms with van der Waals surface area (Å²) < 4.78 is 6.09. The Morgan fingerprint density at radius 1 is 1.31 bits per heavy atom. The molecule has 0 unspecified atom stereocenters. The molecular formula is C23H22ClN5O2S. The molecule has 32 heavy (non-hydrogen) atoms. The number of carbonyl (C=O) groups excluding carboxylic acids is 1. The number of thioether (sulfide) groups is 1. The van der Waals surface area contributed by atoms with Gasteiger partial charge in [-0.05, 0) is 62.0 Å². The number of halogens is 1. The second-order valence-electron chi connectivity index (χ2n) is 7.86. The van der Waals surface area contributed by atoms with E-state index >= 15 is 0 Å². The van der Waals surface area contributed by atoms with Crippen LogP contribution in [0.5, 0.6) is 5.75 Å². The number of likely N-dealkylation sites (tertiary alicyclic amines) is 1. The van der Waals surface area contributed by atoms with Crippen molar-refractivity contribution < 1.29 is 9.53 Å². The molecule has 1 amide bonds. The fourth-order valence-corrected chi connectivity index (χ4v) is 4.81. The smallest absolute Gasteiger partial charge is 0.264 e. The summed E-state index contributed by atoms with van der Waals surface area (Å²) in [6.45, 7) is 2.07. The normalized spacial score (nSPS) is 20.4. The Kier molecular flexibility index (Phi) is 5.91. The Hall–Kier alpha value is -2.81. The van der Waals surface area contributed by atoms with E-state index in [1.165, 1.54) is 11.8 Å². The van der Waals surface area contributed by atoms with Gasteiger partial charge in [0.1, 0.15) is 17.5 Å². The SMILES string of the molecule is CN1CCC(Oc2ccc(N=C3NC(=O)C(=Cc4c[nH]c5ncccc45)S3)c(Cl)c2)CC1. The number of aliphatic imine (C=N–C) groups is 1. The molecule has 0 radical (unpaired) electrons. The zero-order valence-electron chi connectivity index (χ0n) is 17.5. The Bertz CT molecular complexity index is 1230. The molecule has 0 saturated carbocycles. The van der Waals surface area contributed by atoms with Gasteiger partial charge in [0.15, 0.2) is 5.17 Å². The lowest BCUT2D eigenvalue weighted by molar-refractivity contribution is -0.115. The van der Waals surface area contributed by atoms with Crippen molar-refractivity contribution in [2.45, 2.75) is 18.9 Å². The molecule has 1 aromatic carbocycles. The summed E-state index contributed by atoms with van der Waals surface area (Å²) in [5, 5.41) is 4.75. The van der Waals surface area contributed by atoms with Gasteiger partial charge < -0.3 is 19.9 Å². The first-order valence-corrected chi connectivity index (χ1v) is 11.6. The molecule has 0 spiro atoms. The number of piperidine rings is 1. The van der Waals surface area contributed by atoms with Crippen LogP contribution in [0.25, 0.3) is 17.1 Å². The third-order valence-electron chi connectivity index (χ3n) is 5.53. The first-order chi connectivity index (χ1) is 15.5. The summed E-state index contributed by atoms with van der Waals surface area (Å²) in [6.07, 6.45) is 7.61. The fraction of sp³-hybridized carbons (Fsp3) is 0.261. The van der Waals surface area contributed by atoms with Crippen molar-refractivity contribution in [1.82, 2.24) is 20.2 Å². The number of H-pyrrole nitrogens is 1. The highest BCUT2D eigenvalue weighted by atomic mass is 35.5. The Morgan fingerprint density at radius 2 is 2.16 bits per heavy atom. The zero-order chi connectivity index (χ0) is 22.1. The molecule has 164 valence electrons. The molecule has 2 aliphatic rings. The number of nitrogens with zero attached hydrogens (tertiary/aromatic N) is 3. The zero-order valence-corrected chi connectivity index (χ0v) is 19.0. The average Bonchev–Trinajstić information content (AvgIpc) is 3.35. The first-order valence-electron chi connectivity index (χ1n) is 10.4. The van der Waals surface area contributed by atoms with Crippen molar-refractivity contribution in [3.05, 3.63) is 58.2 Å². The molecule has 0 atom stereocenters. The van der Waals surface area contributed by atoms with Gasteiger partial charge in [0.25, 0.3) is 5.91 Å². The third-order valence-corrected chi connectivity index (χ3v) is 6.74. The molecule has 2 aliphatic heterocycles. The van der Waals surface area contributed by atoms with Crippen LogP contribution in [0.4, 0.5) is 5.69 Å². The van der Waals surface area contributed by atoms with Gasteiger partial charge in [0, 0.05) is 42.5 Å². The molecule has 2 saturated heterocycles. The Morgan fingerprint density at radius 3 is 2.97 bits per heavy atom. The van der Waals surface area contributed by atoms with Crippen molar-refractivity contribution in [1.29, 1.82) is 0 Å². The van der Waals surface area contributed by atoms with Crippen LogP contribution < -0.4 is 10.1 Å². The standard InChI is InChI=1S/C23H22ClN5O2S/c1-29-9-6-15(7-10-29)31-16-4-5-19(18(24)12-16)27-23-28-22(30)20(32-23)11-14-13-26-21-17(14)3-2-8-25-21/h2-5,8,11-13,15H,6-7,9-10H2,1H3,(H,25,26)(H,27,28,30). The topological polar surface area (TPSA) is 82.6 Å². The molecule has 0 aliphatic carbocycles. The van der Waals surface area contributed by atoms with E-state index in [0.29, 0.717) is 20.8 Å². The minimum absolute atomic E-state index is 0.190. The molecule has 4 heterocycles. The van der Waals surface area contributed by atoms with Crippen LogP contribution in [0.1, 0.15) is 18.4 Å². The second-order valence-corrected chi connectivity index (χ2v) is 9.30. The number of fused-ring (bicyclic) bond motifs is 1. The van der Waals surface area contributed by atoms with Gasteiger partial charge in [-0.2, -0.15) is 0 Å². The monoisotopic (exact) mass is 467 g/mol. The van der Waals surface area contributed by atoms with Crippen LogP contribution in [0.2, 0.25) is 5.02 Å². The Balaban J connectivity index is 1.30. The lowest BCUT2D eigenvalue weighted by Gasteiger charge is -2.29. The van der Waals surface area contributed by atoms with Crippen molar-refractivity contribution in [3.63, 3.8) is 0 Å². The molecule has 2 aromatic heterocycles. The summed E-state index contributed by atoms with van der Waals surface area (Å²) in [5.74, 6) is 0.551. The van der Waals surface area contributed by atoms with Crippen LogP contribution in [0, 0.1) is 0 Å².